The van der Waals surface area contributed by atoms with Gasteiger partial charge >= 0.3 is 6.03 Å². The van der Waals surface area contributed by atoms with Crippen LogP contribution < -0.4 is 5.32 Å². The maximum atomic E-state index is 12.4. The Hall–Kier alpha value is -1.57. The van der Waals surface area contributed by atoms with Crippen LogP contribution in [0.25, 0.3) is 0 Å². The lowest BCUT2D eigenvalue weighted by atomic mass is 10.2. The molecule has 1 aliphatic carbocycles. The first-order valence-corrected chi connectivity index (χ1v) is 8.57. The van der Waals surface area contributed by atoms with Crippen molar-refractivity contribution in [2.45, 2.75) is 56.0 Å². The van der Waals surface area contributed by atoms with E-state index < -0.39 is 0 Å². The number of aromatic nitrogens is 3. The van der Waals surface area contributed by atoms with Crippen molar-refractivity contribution in [3.05, 3.63) is 5.82 Å². The number of amides is 3. The Balaban J connectivity index is 1.75. The van der Waals surface area contributed by atoms with Crippen molar-refractivity contribution < 1.29 is 9.59 Å². The molecule has 2 aliphatic rings. The summed E-state index contributed by atoms with van der Waals surface area (Å²) in [7, 11) is 0. The van der Waals surface area contributed by atoms with Gasteiger partial charge in [0.25, 0.3) is 0 Å². The summed E-state index contributed by atoms with van der Waals surface area (Å²) in [4.78, 5) is 25.3. The molecule has 0 aromatic carbocycles. The number of urea groups is 1. The molecule has 1 aliphatic heterocycles. The highest BCUT2D eigenvalue weighted by molar-refractivity contribution is 8.00. The molecule has 1 saturated heterocycles. The summed E-state index contributed by atoms with van der Waals surface area (Å²) in [5.41, 5.74) is 0. The van der Waals surface area contributed by atoms with E-state index in [4.69, 9.17) is 0 Å². The maximum Gasteiger partial charge on any atom is 0.324 e. The maximum absolute atomic E-state index is 12.4. The van der Waals surface area contributed by atoms with E-state index in [0.717, 1.165) is 23.8 Å². The molecule has 3 amide bonds. The highest BCUT2D eigenvalue weighted by atomic mass is 32.2. The Morgan fingerprint density at radius 3 is 2.59 bits per heavy atom. The molecule has 2 fully saturated rings. The van der Waals surface area contributed by atoms with Gasteiger partial charge < -0.3 is 9.88 Å². The van der Waals surface area contributed by atoms with Gasteiger partial charge in [-0.15, -0.1) is 10.2 Å². The monoisotopic (exact) mass is 323 g/mol. The Labute approximate surface area is 133 Å². The second-order valence-corrected chi connectivity index (χ2v) is 7.39. The molecule has 1 saturated carbocycles. The molecule has 1 aromatic heterocycles. The van der Waals surface area contributed by atoms with E-state index in [0.29, 0.717) is 25.0 Å². The van der Waals surface area contributed by atoms with Crippen LogP contribution in [-0.4, -0.2) is 49.9 Å². The smallest absolute Gasteiger partial charge is 0.324 e. The summed E-state index contributed by atoms with van der Waals surface area (Å²) in [6.07, 6.45) is 2.28. The largest absolute Gasteiger partial charge is 0.336 e. The van der Waals surface area contributed by atoms with E-state index in [9.17, 15) is 9.59 Å². The van der Waals surface area contributed by atoms with Crippen LogP contribution in [0.5, 0.6) is 0 Å². The number of hydrogen-bond acceptors (Lipinski definition) is 5. The van der Waals surface area contributed by atoms with Crippen LogP contribution in [0, 0.1) is 0 Å². The Morgan fingerprint density at radius 2 is 2.05 bits per heavy atom. The van der Waals surface area contributed by atoms with Gasteiger partial charge in [-0.1, -0.05) is 25.6 Å². The zero-order chi connectivity index (χ0) is 15.9. The third-order valence-electron chi connectivity index (χ3n) is 3.87. The highest BCUT2D eigenvalue weighted by Crippen LogP contribution is 2.40. The molecule has 120 valence electrons. The molecular formula is C14H21N5O2S. The number of thioether (sulfide) groups is 1. The summed E-state index contributed by atoms with van der Waals surface area (Å²) in [5.74, 6) is 1.11. The fourth-order valence-corrected chi connectivity index (χ4v) is 3.54. The van der Waals surface area contributed by atoms with Gasteiger partial charge in [-0.2, -0.15) is 0 Å². The van der Waals surface area contributed by atoms with E-state index in [-0.39, 0.29) is 17.2 Å². The minimum absolute atomic E-state index is 0.170. The lowest BCUT2D eigenvalue weighted by molar-refractivity contribution is -0.126. The predicted molar refractivity (Wildman–Crippen MR) is 82.8 cm³/mol. The zero-order valence-electron chi connectivity index (χ0n) is 13.1. The van der Waals surface area contributed by atoms with Gasteiger partial charge in [0.05, 0.1) is 5.25 Å². The van der Waals surface area contributed by atoms with E-state index in [1.807, 2.05) is 6.92 Å². The quantitative estimate of drug-likeness (QED) is 0.835. The number of carbonyl (C=O) groups is 2. The second kappa shape index (κ2) is 5.91. The molecule has 8 heteroatoms. The van der Waals surface area contributed by atoms with Crippen LogP contribution in [0.4, 0.5) is 4.79 Å². The van der Waals surface area contributed by atoms with Crippen molar-refractivity contribution in [1.29, 1.82) is 0 Å². The van der Waals surface area contributed by atoms with Crippen LogP contribution in [-0.2, 0) is 4.79 Å². The zero-order valence-corrected chi connectivity index (χ0v) is 13.9. The van der Waals surface area contributed by atoms with E-state index in [1.165, 1.54) is 16.7 Å². The average Bonchev–Trinajstić information content (AvgIpc) is 3.08. The van der Waals surface area contributed by atoms with Crippen LogP contribution in [0.3, 0.4) is 0 Å². The Bertz CT molecular complexity index is 596. The van der Waals surface area contributed by atoms with Crippen molar-refractivity contribution in [2.24, 2.45) is 0 Å². The third-order valence-corrected chi connectivity index (χ3v) is 4.92. The number of rotatable bonds is 5. The van der Waals surface area contributed by atoms with Crippen LogP contribution >= 0.6 is 11.8 Å². The predicted octanol–water partition coefficient (Wildman–Crippen LogP) is 1.77. The van der Waals surface area contributed by atoms with Gasteiger partial charge in [-0.3, -0.25) is 9.69 Å². The van der Waals surface area contributed by atoms with Gasteiger partial charge in [0.15, 0.2) is 5.16 Å². The third kappa shape index (κ3) is 2.84. The van der Waals surface area contributed by atoms with Crippen LogP contribution in [0.2, 0.25) is 0 Å². The van der Waals surface area contributed by atoms with Crippen molar-refractivity contribution in [3.8, 4) is 0 Å². The first-order chi connectivity index (χ1) is 10.5. The van der Waals surface area contributed by atoms with Crippen molar-refractivity contribution in [3.63, 3.8) is 0 Å². The van der Waals surface area contributed by atoms with Gasteiger partial charge in [-0.25, -0.2) is 4.79 Å². The standard InChI is InChI=1S/C14H21N5O2S/c1-8(2)11-16-17-14(19(11)10-4-5-10)22-9(3)12(20)18-7-6-15-13(18)21/h8-10H,4-7H2,1-3H3,(H,15,21). The minimum Gasteiger partial charge on any atom is -0.336 e. The lowest BCUT2D eigenvalue weighted by Crippen LogP contribution is -2.39. The first-order valence-electron chi connectivity index (χ1n) is 7.69. The molecule has 1 N–H and O–H groups in total. The highest BCUT2D eigenvalue weighted by Gasteiger charge is 2.34. The summed E-state index contributed by atoms with van der Waals surface area (Å²) in [6.45, 7) is 6.98. The second-order valence-electron chi connectivity index (χ2n) is 6.08. The fraction of sp³-hybridized carbons (Fsp3) is 0.714. The Kier molecular flexibility index (Phi) is 4.12. The minimum atomic E-state index is -0.356. The molecule has 0 radical (unpaired) electrons. The lowest BCUT2D eigenvalue weighted by Gasteiger charge is -2.18. The molecule has 0 spiro atoms. The van der Waals surface area contributed by atoms with E-state index in [2.05, 4.69) is 33.9 Å². The number of hydrogen-bond donors (Lipinski definition) is 1. The number of nitrogens with zero attached hydrogens (tertiary/aromatic N) is 4. The summed E-state index contributed by atoms with van der Waals surface area (Å²) in [6, 6.07) is 0.163. The first kappa shape index (κ1) is 15.3. The number of imide groups is 1. The van der Waals surface area contributed by atoms with Gasteiger partial charge in [0, 0.05) is 25.0 Å². The van der Waals surface area contributed by atoms with Crippen molar-refractivity contribution in [1.82, 2.24) is 25.0 Å². The van der Waals surface area contributed by atoms with Crippen molar-refractivity contribution in [2.75, 3.05) is 13.1 Å². The SMILES string of the molecule is CC(Sc1nnc(C(C)C)n1C1CC1)C(=O)N1CCNC1=O. The summed E-state index contributed by atoms with van der Waals surface area (Å²) < 4.78 is 2.17. The molecule has 22 heavy (non-hydrogen) atoms. The topological polar surface area (TPSA) is 80.1 Å². The molecule has 1 atom stereocenters. The average molecular weight is 323 g/mol. The molecule has 0 bridgehead atoms. The molecule has 1 unspecified atom stereocenters. The molecule has 3 rings (SSSR count). The van der Waals surface area contributed by atoms with Crippen LogP contribution in [0.1, 0.15) is 51.4 Å². The van der Waals surface area contributed by atoms with Gasteiger partial charge in [-0.05, 0) is 19.8 Å². The van der Waals surface area contributed by atoms with E-state index in [1.54, 1.807) is 0 Å². The molecule has 1 aromatic rings. The van der Waals surface area contributed by atoms with E-state index >= 15 is 0 Å². The summed E-state index contributed by atoms with van der Waals surface area (Å²) >= 11 is 1.39. The normalized spacial score (nSPS) is 19.6. The fourth-order valence-electron chi connectivity index (χ4n) is 2.55. The van der Waals surface area contributed by atoms with Gasteiger partial charge in [0.2, 0.25) is 5.91 Å². The Morgan fingerprint density at radius 1 is 1.32 bits per heavy atom. The number of nitrogens with one attached hydrogen (secondary N) is 1. The molecule has 7 nitrogen and oxygen atoms in total. The molecule has 2 heterocycles. The molecular weight excluding hydrogens is 302 g/mol. The summed E-state index contributed by atoms with van der Waals surface area (Å²) in [5, 5.41) is 11.6. The van der Waals surface area contributed by atoms with Gasteiger partial charge in [0.1, 0.15) is 5.82 Å². The van der Waals surface area contributed by atoms with Crippen molar-refractivity contribution >= 4 is 23.7 Å². The number of carbonyl (C=O) groups excluding carboxylic acids is 2. The van der Waals surface area contributed by atoms with Crippen LogP contribution in [0.15, 0.2) is 5.16 Å².